The number of hydrogen-bond acceptors (Lipinski definition) is 2. The standard InChI is InChI=1S/C8H21N2P/c1-5-9(6-2)11-10(7-3)8-4/h11H,5-8H2,1-4H3. The smallest absolute Gasteiger partial charge is 0.0239 e. The molecule has 0 unspecified atom stereocenters. The summed E-state index contributed by atoms with van der Waals surface area (Å²) in [6.07, 6.45) is 0. The Kier molecular flexibility index (Phi) is 7.25. The van der Waals surface area contributed by atoms with Gasteiger partial charge in [0.05, 0.1) is 0 Å². The van der Waals surface area contributed by atoms with Gasteiger partial charge in [-0.25, -0.2) is 0 Å². The van der Waals surface area contributed by atoms with Gasteiger partial charge in [0.1, 0.15) is 0 Å². The molecule has 0 aromatic carbocycles. The lowest BCUT2D eigenvalue weighted by atomic mass is 10.7. The second-order valence-corrected chi connectivity index (χ2v) is 3.91. The summed E-state index contributed by atoms with van der Waals surface area (Å²) in [7, 11) is 0.881. The Labute approximate surface area is 72.8 Å². The fraction of sp³-hybridized carbons (Fsp3) is 1.00. The SMILES string of the molecule is CCN(CC)PN(CC)CC. The van der Waals surface area contributed by atoms with E-state index in [9.17, 15) is 0 Å². The van der Waals surface area contributed by atoms with Crippen LogP contribution < -0.4 is 0 Å². The van der Waals surface area contributed by atoms with Gasteiger partial charge in [-0.05, 0) is 0 Å². The molecule has 0 aliphatic rings. The third kappa shape index (κ3) is 4.73. The van der Waals surface area contributed by atoms with Crippen LogP contribution in [0.5, 0.6) is 0 Å². The van der Waals surface area contributed by atoms with E-state index in [1.165, 1.54) is 26.2 Å². The van der Waals surface area contributed by atoms with Crippen LogP contribution in [0.3, 0.4) is 0 Å². The van der Waals surface area contributed by atoms with Gasteiger partial charge >= 0.3 is 0 Å². The van der Waals surface area contributed by atoms with Crippen LogP contribution in [0.1, 0.15) is 27.7 Å². The summed E-state index contributed by atoms with van der Waals surface area (Å²) >= 11 is 0. The number of rotatable bonds is 6. The van der Waals surface area contributed by atoms with Crippen LogP contribution in [-0.4, -0.2) is 35.5 Å². The Balaban J connectivity index is 3.58. The van der Waals surface area contributed by atoms with Gasteiger partial charge in [0.25, 0.3) is 0 Å². The molecule has 0 radical (unpaired) electrons. The molecule has 0 rings (SSSR count). The molecule has 0 heterocycles. The van der Waals surface area contributed by atoms with Gasteiger partial charge < -0.3 is 0 Å². The van der Waals surface area contributed by atoms with E-state index in [0.29, 0.717) is 0 Å². The van der Waals surface area contributed by atoms with Crippen LogP contribution >= 0.6 is 8.88 Å². The highest BCUT2D eigenvalue weighted by Crippen LogP contribution is 2.21. The molecular weight excluding hydrogens is 155 g/mol. The average molecular weight is 176 g/mol. The Hall–Kier alpha value is 0.350. The van der Waals surface area contributed by atoms with E-state index in [-0.39, 0.29) is 0 Å². The summed E-state index contributed by atoms with van der Waals surface area (Å²) in [5, 5.41) is 0. The van der Waals surface area contributed by atoms with Crippen LogP contribution in [-0.2, 0) is 0 Å². The molecule has 2 nitrogen and oxygen atoms in total. The van der Waals surface area contributed by atoms with E-state index in [0.717, 1.165) is 8.88 Å². The van der Waals surface area contributed by atoms with Gasteiger partial charge in [-0.3, -0.25) is 9.34 Å². The molecule has 0 atom stereocenters. The molecule has 11 heavy (non-hydrogen) atoms. The molecular formula is C8H21N2P. The van der Waals surface area contributed by atoms with Crippen molar-refractivity contribution in [1.82, 2.24) is 9.34 Å². The molecule has 68 valence electrons. The van der Waals surface area contributed by atoms with Crippen molar-refractivity contribution in [1.29, 1.82) is 0 Å². The molecule has 3 heteroatoms. The summed E-state index contributed by atoms with van der Waals surface area (Å²) in [5.41, 5.74) is 0. The minimum absolute atomic E-state index is 0.881. The maximum Gasteiger partial charge on any atom is 0.0239 e. The highest BCUT2D eigenvalue weighted by atomic mass is 31.1. The minimum Gasteiger partial charge on any atom is -0.273 e. The second-order valence-electron chi connectivity index (χ2n) is 2.44. The van der Waals surface area contributed by atoms with Gasteiger partial charge in [0, 0.05) is 35.1 Å². The van der Waals surface area contributed by atoms with Crippen molar-refractivity contribution in [2.45, 2.75) is 27.7 Å². The van der Waals surface area contributed by atoms with Crippen molar-refractivity contribution in [3.8, 4) is 0 Å². The molecule has 0 bridgehead atoms. The van der Waals surface area contributed by atoms with Crippen molar-refractivity contribution in [2.24, 2.45) is 0 Å². The zero-order valence-electron chi connectivity index (χ0n) is 8.22. The quantitative estimate of drug-likeness (QED) is 0.572. The molecule has 0 aliphatic carbocycles. The highest BCUT2D eigenvalue weighted by Gasteiger charge is 2.03. The summed E-state index contributed by atoms with van der Waals surface area (Å²) in [6.45, 7) is 13.6. The molecule has 0 aliphatic heterocycles. The first-order valence-corrected chi connectivity index (χ1v) is 5.43. The Bertz CT molecular complexity index is 70.2. The molecule has 0 saturated heterocycles. The summed E-state index contributed by atoms with van der Waals surface area (Å²) in [4.78, 5) is 0. The number of hydrogen-bond donors (Lipinski definition) is 0. The van der Waals surface area contributed by atoms with Crippen LogP contribution in [0.15, 0.2) is 0 Å². The van der Waals surface area contributed by atoms with Crippen LogP contribution in [0.2, 0.25) is 0 Å². The fourth-order valence-corrected chi connectivity index (χ4v) is 1.90. The Morgan fingerprint density at radius 3 is 1.18 bits per heavy atom. The lowest BCUT2D eigenvalue weighted by molar-refractivity contribution is 0.439. The zero-order valence-corrected chi connectivity index (χ0v) is 9.22. The fourth-order valence-electron chi connectivity index (χ4n) is 0.930. The lowest BCUT2D eigenvalue weighted by Gasteiger charge is -2.26. The zero-order chi connectivity index (χ0) is 8.69. The molecule has 0 aromatic rings. The first-order chi connectivity index (χ1) is 5.28. The molecule has 0 spiro atoms. The van der Waals surface area contributed by atoms with E-state index in [1.807, 2.05) is 0 Å². The normalized spacial score (nSPS) is 11.5. The molecule has 0 aromatic heterocycles. The van der Waals surface area contributed by atoms with Crippen molar-refractivity contribution in [3.05, 3.63) is 0 Å². The lowest BCUT2D eigenvalue weighted by Crippen LogP contribution is -2.22. The van der Waals surface area contributed by atoms with Crippen molar-refractivity contribution < 1.29 is 0 Å². The third-order valence-corrected chi connectivity index (χ3v) is 3.64. The van der Waals surface area contributed by atoms with Crippen LogP contribution in [0, 0.1) is 0 Å². The van der Waals surface area contributed by atoms with E-state index in [4.69, 9.17) is 0 Å². The first-order valence-electron chi connectivity index (χ1n) is 4.54. The molecule has 0 saturated carbocycles. The molecule has 0 N–H and O–H groups in total. The summed E-state index contributed by atoms with van der Waals surface area (Å²) in [5.74, 6) is 0. The van der Waals surface area contributed by atoms with Gasteiger partial charge in [-0.1, -0.05) is 27.7 Å². The highest BCUT2D eigenvalue weighted by molar-refractivity contribution is 7.32. The monoisotopic (exact) mass is 176 g/mol. The predicted molar refractivity (Wildman–Crippen MR) is 54.2 cm³/mol. The predicted octanol–water partition coefficient (Wildman–Crippen LogP) is 2.18. The maximum absolute atomic E-state index is 2.47. The number of nitrogens with zero attached hydrogens (tertiary/aromatic N) is 2. The minimum atomic E-state index is 0.881. The summed E-state index contributed by atoms with van der Waals surface area (Å²) < 4.78 is 4.93. The van der Waals surface area contributed by atoms with Crippen molar-refractivity contribution in [3.63, 3.8) is 0 Å². The van der Waals surface area contributed by atoms with Gasteiger partial charge in [0.2, 0.25) is 0 Å². The van der Waals surface area contributed by atoms with E-state index < -0.39 is 0 Å². The Morgan fingerprint density at radius 1 is 0.727 bits per heavy atom. The van der Waals surface area contributed by atoms with E-state index >= 15 is 0 Å². The Morgan fingerprint density at radius 2 is 1.00 bits per heavy atom. The second kappa shape index (κ2) is 7.02. The molecule has 0 amide bonds. The van der Waals surface area contributed by atoms with Crippen molar-refractivity contribution in [2.75, 3.05) is 26.2 Å². The van der Waals surface area contributed by atoms with E-state index in [2.05, 4.69) is 37.0 Å². The topological polar surface area (TPSA) is 6.48 Å². The third-order valence-electron chi connectivity index (χ3n) is 1.81. The first kappa shape index (κ1) is 11.4. The summed E-state index contributed by atoms with van der Waals surface area (Å²) in [6, 6.07) is 0. The van der Waals surface area contributed by atoms with Gasteiger partial charge in [-0.2, -0.15) is 0 Å². The van der Waals surface area contributed by atoms with Gasteiger partial charge in [0.15, 0.2) is 0 Å². The molecule has 0 fully saturated rings. The maximum atomic E-state index is 2.47. The largest absolute Gasteiger partial charge is 0.273 e. The van der Waals surface area contributed by atoms with Crippen LogP contribution in [0.25, 0.3) is 0 Å². The van der Waals surface area contributed by atoms with Crippen LogP contribution in [0.4, 0.5) is 0 Å². The van der Waals surface area contributed by atoms with Gasteiger partial charge in [-0.15, -0.1) is 0 Å². The average Bonchev–Trinajstić information content (AvgIpc) is 2.07. The van der Waals surface area contributed by atoms with Crippen molar-refractivity contribution >= 4 is 8.88 Å². The van der Waals surface area contributed by atoms with E-state index in [1.54, 1.807) is 0 Å².